The lowest BCUT2D eigenvalue weighted by atomic mass is 10.4. The maximum atomic E-state index is 11.8. The van der Waals surface area contributed by atoms with Crippen molar-refractivity contribution < 1.29 is 4.79 Å². The van der Waals surface area contributed by atoms with Gasteiger partial charge in [-0.2, -0.15) is 5.10 Å². The second-order valence-electron chi connectivity index (χ2n) is 3.70. The lowest BCUT2D eigenvalue weighted by Gasteiger charge is -2.08. The van der Waals surface area contributed by atoms with E-state index in [-0.39, 0.29) is 28.0 Å². The summed E-state index contributed by atoms with van der Waals surface area (Å²) in [4.78, 5) is 19.3. The summed E-state index contributed by atoms with van der Waals surface area (Å²) in [6, 6.07) is 0. The van der Waals surface area contributed by atoms with Crippen LogP contribution in [0.5, 0.6) is 0 Å². The number of anilines is 2. The van der Waals surface area contributed by atoms with E-state index in [0.717, 1.165) is 12.3 Å². The highest BCUT2D eigenvalue weighted by Gasteiger charge is 2.15. The summed E-state index contributed by atoms with van der Waals surface area (Å²) in [7, 11) is 0. The number of aromatic nitrogens is 2. The van der Waals surface area contributed by atoms with E-state index in [1.807, 2.05) is 0 Å². The molecule has 1 saturated heterocycles. The van der Waals surface area contributed by atoms with Gasteiger partial charge in [0.25, 0.3) is 5.91 Å². The van der Waals surface area contributed by atoms with Crippen molar-refractivity contribution in [3.63, 3.8) is 0 Å². The van der Waals surface area contributed by atoms with Crippen molar-refractivity contribution in [2.45, 2.75) is 5.50 Å². The summed E-state index contributed by atoms with van der Waals surface area (Å²) >= 11 is 7.37. The molecule has 1 atom stereocenters. The van der Waals surface area contributed by atoms with Crippen LogP contribution in [0.4, 0.5) is 11.6 Å². The summed E-state index contributed by atoms with van der Waals surface area (Å²) in [5, 5.41) is 9.32. The molecule has 1 unspecified atom stereocenters. The lowest BCUT2D eigenvalue weighted by molar-refractivity contribution is 0.0974. The molecule has 1 aromatic rings. The fraction of sp³-hybridized carbons (Fsp3) is 0.333. The molecule has 20 heavy (non-hydrogen) atoms. The minimum absolute atomic E-state index is 0.0274. The Balaban J connectivity index is 1.91. The Morgan fingerprint density at radius 2 is 2.30 bits per heavy atom. The van der Waals surface area contributed by atoms with E-state index < -0.39 is 5.91 Å². The van der Waals surface area contributed by atoms with E-state index in [9.17, 15) is 4.79 Å². The first-order chi connectivity index (χ1) is 9.58. The standard InChI is InChI=1S/C9H13ClN8OS/c10-5-7(12)17-6(11)4(16-5)8(19)14-3-15-18-9-13-1-2-20-9/h3,9,13,18H,1-2H2,(H4,11,12,17)(H,14,15,19). The van der Waals surface area contributed by atoms with Gasteiger partial charge in [0.1, 0.15) is 11.8 Å². The predicted molar refractivity (Wildman–Crippen MR) is 79.2 cm³/mol. The van der Waals surface area contributed by atoms with Gasteiger partial charge in [-0.05, 0) is 0 Å². The van der Waals surface area contributed by atoms with Crippen LogP contribution in [0.3, 0.4) is 0 Å². The molecule has 0 saturated carbocycles. The van der Waals surface area contributed by atoms with Gasteiger partial charge in [-0.25, -0.2) is 9.97 Å². The van der Waals surface area contributed by atoms with E-state index >= 15 is 0 Å². The van der Waals surface area contributed by atoms with Crippen molar-refractivity contribution >= 4 is 47.2 Å². The van der Waals surface area contributed by atoms with Crippen LogP contribution in [0, 0.1) is 0 Å². The molecular formula is C9H13ClN8OS. The first kappa shape index (κ1) is 14.6. The molecule has 1 aliphatic rings. The van der Waals surface area contributed by atoms with Crippen molar-refractivity contribution in [2.75, 3.05) is 23.8 Å². The van der Waals surface area contributed by atoms with Crippen LogP contribution in [0.25, 0.3) is 0 Å². The van der Waals surface area contributed by atoms with Crippen LogP contribution in [-0.2, 0) is 0 Å². The molecule has 0 aliphatic carbocycles. The van der Waals surface area contributed by atoms with Crippen molar-refractivity contribution in [1.29, 1.82) is 0 Å². The third-order valence-electron chi connectivity index (χ3n) is 2.29. The molecule has 0 spiro atoms. The Labute approximate surface area is 123 Å². The largest absolute Gasteiger partial charge is 0.382 e. The first-order valence-electron chi connectivity index (χ1n) is 5.59. The molecule has 1 aromatic heterocycles. The van der Waals surface area contributed by atoms with Gasteiger partial charge in [-0.1, -0.05) is 11.6 Å². The topological polar surface area (TPSA) is 143 Å². The van der Waals surface area contributed by atoms with E-state index in [1.165, 1.54) is 6.34 Å². The zero-order valence-corrected chi connectivity index (χ0v) is 11.8. The molecular weight excluding hydrogens is 304 g/mol. The van der Waals surface area contributed by atoms with Crippen LogP contribution < -0.4 is 27.5 Å². The first-order valence-corrected chi connectivity index (χ1v) is 7.02. The van der Waals surface area contributed by atoms with Gasteiger partial charge in [-0.15, -0.1) is 11.8 Å². The van der Waals surface area contributed by atoms with Crippen LogP contribution in [0.2, 0.25) is 5.15 Å². The van der Waals surface area contributed by atoms with Gasteiger partial charge in [0, 0.05) is 12.3 Å². The normalized spacial score (nSPS) is 18.4. The summed E-state index contributed by atoms with van der Waals surface area (Å²) in [5.41, 5.74) is 13.7. The van der Waals surface area contributed by atoms with Gasteiger partial charge in [0.2, 0.25) is 0 Å². The highest BCUT2D eigenvalue weighted by Crippen LogP contribution is 2.16. The predicted octanol–water partition coefficient (Wildman–Crippen LogP) is -0.823. The highest BCUT2D eigenvalue weighted by molar-refractivity contribution is 8.00. The average molecular weight is 317 g/mol. The molecule has 1 fully saturated rings. The van der Waals surface area contributed by atoms with Crippen molar-refractivity contribution in [1.82, 2.24) is 26.0 Å². The fourth-order valence-corrected chi connectivity index (χ4v) is 2.35. The number of carbonyl (C=O) groups is 1. The second kappa shape index (κ2) is 6.59. The van der Waals surface area contributed by atoms with Gasteiger partial charge in [0.05, 0.1) is 0 Å². The molecule has 108 valence electrons. The number of nitrogens with zero attached hydrogens (tertiary/aromatic N) is 3. The van der Waals surface area contributed by atoms with E-state index in [2.05, 4.69) is 31.1 Å². The van der Waals surface area contributed by atoms with Crippen LogP contribution in [0.1, 0.15) is 10.5 Å². The minimum Gasteiger partial charge on any atom is -0.382 e. The molecule has 0 bridgehead atoms. The average Bonchev–Trinajstić information content (AvgIpc) is 2.92. The van der Waals surface area contributed by atoms with Gasteiger partial charge >= 0.3 is 0 Å². The lowest BCUT2D eigenvalue weighted by Crippen LogP contribution is -2.33. The number of carbonyl (C=O) groups excluding carboxylic acids is 1. The number of nitrogens with one attached hydrogen (secondary N) is 3. The highest BCUT2D eigenvalue weighted by atomic mass is 35.5. The minimum atomic E-state index is -0.575. The summed E-state index contributed by atoms with van der Waals surface area (Å²) in [6.45, 7) is 0.917. The number of amides is 1. The number of rotatable bonds is 4. The monoisotopic (exact) mass is 316 g/mol. The van der Waals surface area contributed by atoms with E-state index in [1.54, 1.807) is 11.8 Å². The Kier molecular flexibility index (Phi) is 4.82. The zero-order chi connectivity index (χ0) is 14.5. The summed E-state index contributed by atoms with van der Waals surface area (Å²) < 4.78 is 0. The number of thioether (sulfide) groups is 1. The van der Waals surface area contributed by atoms with Crippen LogP contribution >= 0.6 is 23.4 Å². The molecule has 0 radical (unpaired) electrons. The van der Waals surface area contributed by atoms with Crippen LogP contribution in [0.15, 0.2) is 5.10 Å². The molecule has 11 heteroatoms. The Bertz CT molecular complexity index is 533. The molecule has 7 N–H and O–H groups in total. The van der Waals surface area contributed by atoms with Crippen molar-refractivity contribution in [3.8, 4) is 0 Å². The number of nitrogens with two attached hydrogens (primary N) is 2. The molecule has 1 aliphatic heterocycles. The van der Waals surface area contributed by atoms with E-state index in [0.29, 0.717) is 0 Å². The number of halogens is 1. The van der Waals surface area contributed by atoms with Gasteiger partial charge in [-0.3, -0.25) is 15.5 Å². The Morgan fingerprint density at radius 3 is 3.00 bits per heavy atom. The van der Waals surface area contributed by atoms with Crippen molar-refractivity contribution in [2.24, 2.45) is 5.10 Å². The van der Waals surface area contributed by atoms with E-state index in [4.69, 9.17) is 23.1 Å². The van der Waals surface area contributed by atoms with Crippen LogP contribution in [-0.4, -0.2) is 40.0 Å². The third-order valence-corrected chi connectivity index (χ3v) is 3.61. The van der Waals surface area contributed by atoms with Crippen molar-refractivity contribution in [3.05, 3.63) is 10.8 Å². The quantitative estimate of drug-likeness (QED) is 0.275. The maximum Gasteiger partial charge on any atom is 0.278 e. The summed E-state index contributed by atoms with van der Waals surface area (Å²) in [6.07, 6.45) is 1.20. The molecule has 1 amide bonds. The second-order valence-corrected chi connectivity index (χ2v) is 5.27. The van der Waals surface area contributed by atoms with Gasteiger partial charge in [0.15, 0.2) is 22.5 Å². The number of hydrazone groups is 1. The number of hydrogen-bond acceptors (Lipinski definition) is 9. The SMILES string of the molecule is Nc1nc(N)c(C(=O)NC=NNC2NCCS2)nc1Cl. The molecule has 9 nitrogen and oxygen atoms in total. The fourth-order valence-electron chi connectivity index (χ4n) is 1.38. The molecule has 2 heterocycles. The Morgan fingerprint density at radius 1 is 1.50 bits per heavy atom. The smallest absolute Gasteiger partial charge is 0.278 e. The van der Waals surface area contributed by atoms with Gasteiger partial charge < -0.3 is 16.8 Å². The number of hydrogen-bond donors (Lipinski definition) is 5. The third kappa shape index (κ3) is 3.62. The summed E-state index contributed by atoms with van der Waals surface area (Å²) in [5.74, 6) is 0.309. The molecule has 2 rings (SSSR count). The zero-order valence-electron chi connectivity index (χ0n) is 10.3. The maximum absolute atomic E-state index is 11.8. The molecule has 0 aromatic carbocycles. The number of nitrogen functional groups attached to an aromatic ring is 2. The Hall–Kier alpha value is -1.78.